The van der Waals surface area contributed by atoms with Gasteiger partial charge in [-0.1, -0.05) is 30.9 Å². The second kappa shape index (κ2) is 8.46. The highest BCUT2D eigenvalue weighted by Gasteiger charge is 2.31. The zero-order valence-electron chi connectivity index (χ0n) is 13.3. The van der Waals surface area contributed by atoms with Gasteiger partial charge in [0.25, 0.3) is 0 Å². The summed E-state index contributed by atoms with van der Waals surface area (Å²) in [6, 6.07) is 6.68. The summed E-state index contributed by atoms with van der Waals surface area (Å²) in [6.45, 7) is 0.606. The maximum absolute atomic E-state index is 12.0. The third kappa shape index (κ3) is 5.33. The third-order valence-electron chi connectivity index (χ3n) is 4.66. The lowest BCUT2D eigenvalue weighted by Crippen LogP contribution is -2.41. The molecule has 0 radical (unpaired) electrons. The van der Waals surface area contributed by atoms with E-state index < -0.39 is 0 Å². The Bertz CT molecular complexity index is 536. The maximum Gasteiger partial charge on any atom is 0.220 e. The third-order valence-corrected chi connectivity index (χ3v) is 4.91. The van der Waals surface area contributed by atoms with Gasteiger partial charge in [0, 0.05) is 35.4 Å². The van der Waals surface area contributed by atoms with Crippen LogP contribution in [0.5, 0.6) is 0 Å². The molecule has 1 fully saturated rings. The van der Waals surface area contributed by atoms with Gasteiger partial charge in [-0.05, 0) is 37.1 Å². The minimum absolute atomic E-state index is 0.0636. The standard InChI is InChI=1S/C18H24ClNO3/c19-15-6-4-14(5-7-15)16(22)8-9-17(23)20-12-18(13-21)10-2-1-3-11-18/h4-7,21H,1-3,8-13H2,(H,20,23). The van der Waals surface area contributed by atoms with Gasteiger partial charge in [0.2, 0.25) is 5.91 Å². The number of halogens is 1. The van der Waals surface area contributed by atoms with Crippen LogP contribution < -0.4 is 5.32 Å². The number of carbonyl (C=O) groups is 2. The molecule has 2 rings (SSSR count). The van der Waals surface area contributed by atoms with E-state index in [0.717, 1.165) is 25.7 Å². The highest BCUT2D eigenvalue weighted by molar-refractivity contribution is 6.30. The fourth-order valence-corrected chi connectivity index (χ4v) is 3.20. The van der Waals surface area contributed by atoms with Crippen molar-refractivity contribution in [2.45, 2.75) is 44.9 Å². The molecular weight excluding hydrogens is 314 g/mol. The first-order valence-corrected chi connectivity index (χ1v) is 8.59. The number of nitrogens with one attached hydrogen (secondary N) is 1. The number of amides is 1. The van der Waals surface area contributed by atoms with Crippen LogP contribution in [-0.2, 0) is 4.79 Å². The molecule has 0 bridgehead atoms. The van der Waals surface area contributed by atoms with Gasteiger partial charge in [-0.2, -0.15) is 0 Å². The molecule has 1 aromatic rings. The van der Waals surface area contributed by atoms with Gasteiger partial charge in [-0.25, -0.2) is 0 Å². The van der Waals surface area contributed by atoms with E-state index in [4.69, 9.17) is 11.6 Å². The zero-order chi connectivity index (χ0) is 16.7. The van der Waals surface area contributed by atoms with Gasteiger partial charge in [-0.3, -0.25) is 9.59 Å². The first kappa shape index (κ1) is 18.0. The Balaban J connectivity index is 1.76. The molecule has 1 aliphatic carbocycles. The van der Waals surface area contributed by atoms with E-state index in [9.17, 15) is 14.7 Å². The molecule has 1 aromatic carbocycles. The number of carbonyl (C=O) groups excluding carboxylic acids is 2. The molecule has 0 aliphatic heterocycles. The van der Waals surface area contributed by atoms with E-state index >= 15 is 0 Å². The summed E-state index contributed by atoms with van der Waals surface area (Å²) in [6.07, 6.45) is 5.66. The van der Waals surface area contributed by atoms with Crippen molar-refractivity contribution in [1.82, 2.24) is 5.32 Å². The summed E-state index contributed by atoms with van der Waals surface area (Å²) in [5.41, 5.74) is 0.398. The number of hydrogen-bond acceptors (Lipinski definition) is 3. The minimum Gasteiger partial charge on any atom is -0.396 e. The van der Waals surface area contributed by atoms with E-state index in [1.165, 1.54) is 6.42 Å². The highest BCUT2D eigenvalue weighted by Crippen LogP contribution is 2.35. The normalized spacial score (nSPS) is 16.8. The van der Waals surface area contributed by atoms with Gasteiger partial charge >= 0.3 is 0 Å². The summed E-state index contributed by atoms with van der Waals surface area (Å²) in [5, 5.41) is 13.1. The van der Waals surface area contributed by atoms with Crippen LogP contribution in [0.1, 0.15) is 55.3 Å². The fourth-order valence-electron chi connectivity index (χ4n) is 3.07. The monoisotopic (exact) mass is 337 g/mol. The molecule has 0 unspecified atom stereocenters. The molecule has 23 heavy (non-hydrogen) atoms. The highest BCUT2D eigenvalue weighted by atomic mass is 35.5. The van der Waals surface area contributed by atoms with E-state index in [2.05, 4.69) is 5.32 Å². The first-order chi connectivity index (χ1) is 11.0. The Morgan fingerprint density at radius 1 is 1.09 bits per heavy atom. The average Bonchev–Trinajstić information content (AvgIpc) is 2.59. The molecule has 1 aliphatic rings. The molecule has 0 aromatic heterocycles. The Kier molecular flexibility index (Phi) is 6.60. The number of aliphatic hydroxyl groups is 1. The van der Waals surface area contributed by atoms with E-state index in [-0.39, 0.29) is 36.6 Å². The Labute approximate surface area is 142 Å². The lowest BCUT2D eigenvalue weighted by Gasteiger charge is -2.35. The summed E-state index contributed by atoms with van der Waals surface area (Å²) >= 11 is 5.79. The van der Waals surface area contributed by atoms with Crippen molar-refractivity contribution in [3.05, 3.63) is 34.9 Å². The Hall–Kier alpha value is -1.39. The van der Waals surface area contributed by atoms with Gasteiger partial charge in [0.05, 0.1) is 6.61 Å². The lowest BCUT2D eigenvalue weighted by molar-refractivity contribution is -0.121. The molecule has 1 saturated carbocycles. The number of benzene rings is 1. The van der Waals surface area contributed by atoms with Gasteiger partial charge in [0.1, 0.15) is 0 Å². The second-order valence-corrected chi connectivity index (χ2v) is 6.86. The van der Waals surface area contributed by atoms with Crippen molar-refractivity contribution in [1.29, 1.82) is 0 Å². The van der Waals surface area contributed by atoms with Crippen LogP contribution in [0.25, 0.3) is 0 Å². The van der Waals surface area contributed by atoms with Crippen molar-refractivity contribution < 1.29 is 14.7 Å². The predicted octanol–water partition coefficient (Wildman–Crippen LogP) is 3.36. The summed E-state index contributed by atoms with van der Waals surface area (Å²) in [7, 11) is 0. The van der Waals surface area contributed by atoms with Crippen molar-refractivity contribution in [2.75, 3.05) is 13.2 Å². The average molecular weight is 338 g/mol. The number of ketones is 1. The topological polar surface area (TPSA) is 66.4 Å². The molecule has 4 nitrogen and oxygen atoms in total. The van der Waals surface area contributed by atoms with Crippen LogP contribution >= 0.6 is 11.6 Å². The van der Waals surface area contributed by atoms with Crippen LogP contribution in [0.15, 0.2) is 24.3 Å². The van der Waals surface area contributed by atoms with Crippen LogP contribution in [0.2, 0.25) is 5.02 Å². The molecule has 0 saturated heterocycles. The fraction of sp³-hybridized carbons (Fsp3) is 0.556. The maximum atomic E-state index is 12.0. The Morgan fingerprint density at radius 2 is 1.74 bits per heavy atom. The van der Waals surface area contributed by atoms with E-state index in [1.807, 2.05) is 0 Å². The predicted molar refractivity (Wildman–Crippen MR) is 90.6 cm³/mol. The largest absolute Gasteiger partial charge is 0.396 e. The van der Waals surface area contributed by atoms with Crippen LogP contribution in [-0.4, -0.2) is 29.9 Å². The SMILES string of the molecule is O=C(CCC(=O)c1ccc(Cl)cc1)NCC1(CO)CCCCC1. The molecular formula is C18H24ClNO3. The Morgan fingerprint density at radius 3 is 2.35 bits per heavy atom. The number of hydrogen-bond donors (Lipinski definition) is 2. The van der Waals surface area contributed by atoms with Crippen molar-refractivity contribution in [2.24, 2.45) is 5.41 Å². The second-order valence-electron chi connectivity index (χ2n) is 6.43. The molecule has 0 atom stereocenters. The number of Topliss-reactive ketones (excluding diaryl/α,β-unsaturated/α-hetero) is 1. The smallest absolute Gasteiger partial charge is 0.220 e. The molecule has 0 heterocycles. The molecule has 1 amide bonds. The summed E-state index contributed by atoms with van der Waals surface area (Å²) in [4.78, 5) is 24.0. The van der Waals surface area contributed by atoms with Crippen LogP contribution in [0, 0.1) is 5.41 Å². The van der Waals surface area contributed by atoms with Crippen LogP contribution in [0.4, 0.5) is 0 Å². The first-order valence-electron chi connectivity index (χ1n) is 8.21. The number of aliphatic hydroxyl groups excluding tert-OH is 1. The molecule has 0 spiro atoms. The summed E-state index contributed by atoms with van der Waals surface area (Å²) < 4.78 is 0. The quantitative estimate of drug-likeness (QED) is 0.750. The molecule has 5 heteroatoms. The zero-order valence-corrected chi connectivity index (χ0v) is 14.1. The number of rotatable bonds is 7. The van der Waals surface area contributed by atoms with Gasteiger partial charge < -0.3 is 10.4 Å². The lowest BCUT2D eigenvalue weighted by atomic mass is 9.74. The van der Waals surface area contributed by atoms with E-state index in [0.29, 0.717) is 17.1 Å². The van der Waals surface area contributed by atoms with E-state index in [1.54, 1.807) is 24.3 Å². The van der Waals surface area contributed by atoms with Gasteiger partial charge in [0.15, 0.2) is 5.78 Å². The van der Waals surface area contributed by atoms with Gasteiger partial charge in [-0.15, -0.1) is 0 Å². The minimum atomic E-state index is -0.173. The summed E-state index contributed by atoms with van der Waals surface area (Å²) in [5.74, 6) is -0.197. The van der Waals surface area contributed by atoms with Crippen molar-refractivity contribution >= 4 is 23.3 Å². The molecule has 126 valence electrons. The van der Waals surface area contributed by atoms with Crippen LogP contribution in [0.3, 0.4) is 0 Å². The van der Waals surface area contributed by atoms with Crippen molar-refractivity contribution in [3.8, 4) is 0 Å². The molecule has 2 N–H and O–H groups in total. The van der Waals surface area contributed by atoms with Crippen molar-refractivity contribution in [3.63, 3.8) is 0 Å².